The number of thiophene rings is 1. The highest BCUT2D eigenvalue weighted by atomic mass is 32.1. The molecule has 2 aliphatic rings. The summed E-state index contributed by atoms with van der Waals surface area (Å²) in [5.41, 5.74) is 2.68. The molecule has 3 N–H and O–H groups in total. The average molecular weight is 329 g/mol. The highest BCUT2D eigenvalue weighted by Crippen LogP contribution is 2.41. The normalized spacial score (nSPS) is 20.4. The van der Waals surface area contributed by atoms with Crippen LogP contribution in [0, 0.1) is 0 Å². The summed E-state index contributed by atoms with van der Waals surface area (Å²) >= 11 is 1.67. The Balaban J connectivity index is 1.69. The molecule has 0 bridgehead atoms. The van der Waals surface area contributed by atoms with Crippen molar-refractivity contribution in [3.8, 4) is 5.75 Å². The fourth-order valence-corrected chi connectivity index (χ4v) is 4.64. The van der Waals surface area contributed by atoms with Gasteiger partial charge in [0.25, 0.3) is 5.91 Å². The minimum Gasteiger partial charge on any atom is -0.508 e. The van der Waals surface area contributed by atoms with Gasteiger partial charge in [0.15, 0.2) is 0 Å². The molecular weight excluding hydrogens is 310 g/mol. The second-order valence-electron chi connectivity index (χ2n) is 5.94. The predicted molar refractivity (Wildman–Crippen MR) is 90.9 cm³/mol. The van der Waals surface area contributed by atoms with Gasteiger partial charge in [-0.25, -0.2) is 0 Å². The highest BCUT2D eigenvalue weighted by Gasteiger charge is 2.33. The van der Waals surface area contributed by atoms with Crippen molar-refractivity contribution in [2.45, 2.75) is 26.1 Å². The Morgan fingerprint density at radius 2 is 2.17 bits per heavy atom. The van der Waals surface area contributed by atoms with Crippen molar-refractivity contribution in [2.75, 3.05) is 18.4 Å². The fourth-order valence-electron chi connectivity index (χ4n) is 3.33. The molecule has 5 nitrogen and oxygen atoms in total. The maximum atomic E-state index is 12.6. The van der Waals surface area contributed by atoms with Crippen LogP contribution in [0.15, 0.2) is 24.3 Å². The van der Waals surface area contributed by atoms with Crippen molar-refractivity contribution < 1.29 is 9.90 Å². The lowest BCUT2D eigenvalue weighted by Gasteiger charge is -2.28. The number of hydrogen-bond donors (Lipinski definition) is 3. The Bertz CT molecular complexity index is 771. The molecule has 0 unspecified atom stereocenters. The summed E-state index contributed by atoms with van der Waals surface area (Å²) in [5.74, 6) is 0.140. The number of nitrogens with one attached hydrogen (secondary N) is 2. The first-order valence-corrected chi connectivity index (χ1v) is 8.71. The van der Waals surface area contributed by atoms with E-state index in [0.29, 0.717) is 5.56 Å². The maximum Gasteiger partial charge on any atom is 0.256 e. The van der Waals surface area contributed by atoms with Gasteiger partial charge in [-0.1, -0.05) is 25.1 Å². The Labute approximate surface area is 138 Å². The van der Waals surface area contributed by atoms with E-state index in [1.54, 1.807) is 23.5 Å². The monoisotopic (exact) mass is 329 g/mol. The van der Waals surface area contributed by atoms with Gasteiger partial charge in [0.05, 0.1) is 5.56 Å². The van der Waals surface area contributed by atoms with Crippen LogP contribution < -0.4 is 10.6 Å². The third kappa shape index (κ3) is 2.38. The first-order chi connectivity index (χ1) is 11.2. The first kappa shape index (κ1) is 14.5. The molecule has 0 fully saturated rings. The number of aromatic hydroxyl groups is 1. The van der Waals surface area contributed by atoms with E-state index in [1.165, 1.54) is 10.4 Å². The number of para-hydroxylation sites is 1. The molecule has 2 aromatic rings. The number of phenolic OH excluding ortho intramolecular Hbond substituents is 1. The van der Waals surface area contributed by atoms with Crippen LogP contribution in [0.3, 0.4) is 0 Å². The molecule has 0 radical (unpaired) electrons. The predicted octanol–water partition coefficient (Wildman–Crippen LogP) is 2.69. The zero-order valence-electron chi connectivity index (χ0n) is 12.9. The number of fused-ring (bicyclic) bond motifs is 3. The summed E-state index contributed by atoms with van der Waals surface area (Å²) in [5, 5.41) is 17.3. The quantitative estimate of drug-likeness (QED) is 0.793. The minimum absolute atomic E-state index is 0.0468. The van der Waals surface area contributed by atoms with Gasteiger partial charge in [-0.2, -0.15) is 0 Å². The van der Waals surface area contributed by atoms with Crippen molar-refractivity contribution >= 4 is 22.2 Å². The van der Waals surface area contributed by atoms with Crippen molar-refractivity contribution in [2.24, 2.45) is 0 Å². The molecule has 120 valence electrons. The molecule has 1 atom stereocenters. The number of amides is 1. The van der Waals surface area contributed by atoms with Crippen LogP contribution in [0.25, 0.3) is 0 Å². The van der Waals surface area contributed by atoms with Gasteiger partial charge >= 0.3 is 0 Å². The van der Waals surface area contributed by atoms with Crippen LogP contribution >= 0.6 is 11.3 Å². The number of rotatable bonds is 2. The molecular formula is C17H19N3O2S. The van der Waals surface area contributed by atoms with E-state index in [4.69, 9.17) is 0 Å². The molecule has 1 aromatic carbocycles. The van der Waals surface area contributed by atoms with Crippen LogP contribution in [0.1, 0.15) is 39.5 Å². The topological polar surface area (TPSA) is 64.6 Å². The number of carbonyl (C=O) groups excluding carboxylic acids is 1. The van der Waals surface area contributed by atoms with E-state index in [0.717, 1.165) is 36.6 Å². The van der Waals surface area contributed by atoms with Crippen LogP contribution in [0.5, 0.6) is 5.75 Å². The van der Waals surface area contributed by atoms with Crippen molar-refractivity contribution in [1.82, 2.24) is 10.2 Å². The van der Waals surface area contributed by atoms with Gasteiger partial charge in [-0.3, -0.25) is 9.69 Å². The lowest BCUT2D eigenvalue weighted by atomic mass is 10.00. The lowest BCUT2D eigenvalue weighted by Crippen LogP contribution is -2.38. The third-order valence-corrected chi connectivity index (χ3v) is 5.76. The van der Waals surface area contributed by atoms with Crippen LogP contribution in [-0.2, 0) is 13.0 Å². The van der Waals surface area contributed by atoms with Gasteiger partial charge in [0.1, 0.15) is 16.9 Å². The largest absolute Gasteiger partial charge is 0.508 e. The molecule has 0 saturated heterocycles. The Morgan fingerprint density at radius 1 is 1.35 bits per heavy atom. The summed E-state index contributed by atoms with van der Waals surface area (Å²) in [4.78, 5) is 16.3. The van der Waals surface area contributed by atoms with Crippen LogP contribution in [0.4, 0.5) is 5.00 Å². The molecule has 0 spiro atoms. The number of anilines is 1. The zero-order chi connectivity index (χ0) is 16.0. The third-order valence-electron chi connectivity index (χ3n) is 4.61. The van der Waals surface area contributed by atoms with E-state index in [2.05, 4.69) is 22.5 Å². The first-order valence-electron chi connectivity index (χ1n) is 7.89. The summed E-state index contributed by atoms with van der Waals surface area (Å²) in [6.45, 7) is 5.11. The Morgan fingerprint density at radius 3 is 2.96 bits per heavy atom. The number of hydrogen-bond acceptors (Lipinski definition) is 5. The standard InChI is InChI=1S/C17H19N3O2S/c1-2-20-8-7-11-13(9-20)23-17-14(11)16(22)18-15(19-17)10-5-3-4-6-12(10)21/h3-6,15,19,21H,2,7-9H2,1H3,(H,18,22)/t15-/m1/s1. The Hall–Kier alpha value is -2.05. The van der Waals surface area contributed by atoms with Crippen molar-refractivity contribution in [3.05, 3.63) is 45.8 Å². The van der Waals surface area contributed by atoms with Gasteiger partial charge < -0.3 is 15.7 Å². The summed E-state index contributed by atoms with van der Waals surface area (Å²) < 4.78 is 0. The molecule has 4 rings (SSSR count). The second-order valence-corrected chi connectivity index (χ2v) is 7.04. The van der Waals surface area contributed by atoms with E-state index in [9.17, 15) is 9.90 Å². The number of likely N-dealkylation sites (N-methyl/N-ethyl adjacent to an activating group) is 1. The summed E-state index contributed by atoms with van der Waals surface area (Å²) in [7, 11) is 0. The van der Waals surface area contributed by atoms with Gasteiger partial charge in [0, 0.05) is 23.5 Å². The SMILES string of the molecule is CCN1CCc2c(sc3c2C(=O)N[C@@H](c2ccccc2O)N3)C1. The van der Waals surface area contributed by atoms with Crippen LogP contribution in [-0.4, -0.2) is 29.0 Å². The molecule has 1 amide bonds. The number of carbonyl (C=O) groups is 1. The number of benzene rings is 1. The van der Waals surface area contributed by atoms with Gasteiger partial charge in [-0.05, 0) is 24.6 Å². The number of phenols is 1. The molecule has 0 saturated carbocycles. The molecule has 23 heavy (non-hydrogen) atoms. The minimum atomic E-state index is -0.390. The van der Waals surface area contributed by atoms with E-state index < -0.39 is 6.17 Å². The molecule has 2 aliphatic heterocycles. The summed E-state index contributed by atoms with van der Waals surface area (Å²) in [6, 6.07) is 7.09. The zero-order valence-corrected chi connectivity index (χ0v) is 13.7. The van der Waals surface area contributed by atoms with Gasteiger partial charge in [0.2, 0.25) is 0 Å². The molecule has 0 aliphatic carbocycles. The van der Waals surface area contributed by atoms with E-state index in [1.807, 2.05) is 12.1 Å². The molecule has 1 aromatic heterocycles. The van der Waals surface area contributed by atoms with E-state index >= 15 is 0 Å². The van der Waals surface area contributed by atoms with Gasteiger partial charge in [-0.15, -0.1) is 11.3 Å². The number of nitrogens with zero attached hydrogens (tertiary/aromatic N) is 1. The highest BCUT2D eigenvalue weighted by molar-refractivity contribution is 7.16. The lowest BCUT2D eigenvalue weighted by molar-refractivity contribution is 0.0934. The molecule has 3 heterocycles. The van der Waals surface area contributed by atoms with Crippen molar-refractivity contribution in [3.63, 3.8) is 0 Å². The van der Waals surface area contributed by atoms with Crippen molar-refractivity contribution in [1.29, 1.82) is 0 Å². The second kappa shape index (κ2) is 5.54. The average Bonchev–Trinajstić information content (AvgIpc) is 2.92. The smallest absolute Gasteiger partial charge is 0.256 e. The van der Waals surface area contributed by atoms with E-state index in [-0.39, 0.29) is 11.7 Å². The summed E-state index contributed by atoms with van der Waals surface area (Å²) in [6.07, 6.45) is 0.532. The fraction of sp³-hybridized carbons (Fsp3) is 0.353. The maximum absolute atomic E-state index is 12.6. The molecule has 6 heteroatoms. The Kier molecular flexibility index (Phi) is 3.50. The van der Waals surface area contributed by atoms with Crippen LogP contribution in [0.2, 0.25) is 0 Å².